The van der Waals surface area contributed by atoms with Gasteiger partial charge >= 0.3 is 6.18 Å². The van der Waals surface area contributed by atoms with Gasteiger partial charge in [0.1, 0.15) is 0 Å². The Kier molecular flexibility index (Phi) is 7.32. The van der Waals surface area contributed by atoms with E-state index in [2.05, 4.69) is 25.3 Å². The van der Waals surface area contributed by atoms with Gasteiger partial charge in [0, 0.05) is 30.9 Å². The van der Waals surface area contributed by atoms with Crippen molar-refractivity contribution < 1.29 is 22.8 Å². The highest BCUT2D eigenvalue weighted by atomic mass is 19.4. The summed E-state index contributed by atoms with van der Waals surface area (Å²) in [6.45, 7) is 6.18. The number of piperidine rings is 1. The van der Waals surface area contributed by atoms with Gasteiger partial charge in [0.25, 0.3) is 11.6 Å². The number of fused-ring (bicyclic) bond motifs is 1. The van der Waals surface area contributed by atoms with E-state index in [9.17, 15) is 22.8 Å². The Morgan fingerprint density at radius 1 is 1.25 bits per heavy atom. The van der Waals surface area contributed by atoms with Crippen LogP contribution in [-0.2, 0) is 22.2 Å². The largest absolute Gasteiger partial charge is 0.453 e. The van der Waals surface area contributed by atoms with Gasteiger partial charge in [0.15, 0.2) is 0 Å². The Hall–Kier alpha value is -2.76. The topological polar surface area (TPSA) is 119 Å². The molecule has 1 unspecified atom stereocenters. The van der Waals surface area contributed by atoms with Gasteiger partial charge in [-0.15, -0.1) is 5.10 Å². The molecule has 176 valence electrons. The number of rotatable bonds is 8. The van der Waals surface area contributed by atoms with E-state index in [4.69, 9.17) is 5.73 Å². The summed E-state index contributed by atoms with van der Waals surface area (Å²) in [5.41, 5.74) is 7.08. The van der Waals surface area contributed by atoms with Crippen LogP contribution in [0.3, 0.4) is 0 Å². The third kappa shape index (κ3) is 5.72. The van der Waals surface area contributed by atoms with Gasteiger partial charge in [-0.25, -0.2) is 9.50 Å². The number of nitrogens with zero attached hydrogens (tertiary/aromatic N) is 5. The molecular formula is C20H28F3N7O2. The van der Waals surface area contributed by atoms with Crippen molar-refractivity contribution in [3.8, 4) is 0 Å². The number of alkyl halides is 3. The molecule has 2 aromatic heterocycles. The van der Waals surface area contributed by atoms with Crippen molar-refractivity contribution in [1.82, 2.24) is 29.8 Å². The van der Waals surface area contributed by atoms with E-state index in [1.165, 1.54) is 0 Å². The average Bonchev–Trinajstić information content (AvgIpc) is 3.16. The quantitative estimate of drug-likeness (QED) is 0.581. The number of hydrogen-bond acceptors (Lipinski definition) is 6. The highest BCUT2D eigenvalue weighted by Crippen LogP contribution is 2.27. The molecule has 1 atom stereocenters. The lowest BCUT2D eigenvalue weighted by Crippen LogP contribution is -2.42. The first kappa shape index (κ1) is 23.9. The fraction of sp³-hybridized carbons (Fsp3) is 0.650. The molecule has 0 aromatic carbocycles. The van der Waals surface area contributed by atoms with Crippen LogP contribution in [-0.4, -0.2) is 62.5 Å². The Labute approximate surface area is 183 Å². The molecule has 3 rings (SSSR count). The molecule has 2 amide bonds. The zero-order valence-electron chi connectivity index (χ0n) is 18.2. The van der Waals surface area contributed by atoms with Crippen molar-refractivity contribution in [2.75, 3.05) is 26.2 Å². The standard InChI is InChI=1S/C20H28F3N7O2/c1-12-15(13(2)30-19(26-12)27-18(28-30)20(21,22)23)6-7-16(31)25-8-4-10-29-9-3-5-14(11-29)17(24)32/h14H,3-11H2,1-2H3,(H2,24,32)(H,25,31). The second-order valence-electron chi connectivity index (χ2n) is 8.15. The number of carbonyl (C=O) groups is 2. The Bertz CT molecular complexity index is 990. The van der Waals surface area contributed by atoms with Crippen molar-refractivity contribution in [3.05, 3.63) is 22.8 Å². The van der Waals surface area contributed by atoms with Crippen LogP contribution in [0.15, 0.2) is 0 Å². The molecule has 1 saturated heterocycles. The number of nitrogens with one attached hydrogen (secondary N) is 1. The first-order valence-electron chi connectivity index (χ1n) is 10.6. The zero-order chi connectivity index (χ0) is 23.5. The average molecular weight is 455 g/mol. The molecule has 0 bridgehead atoms. The predicted octanol–water partition coefficient (Wildman–Crippen LogP) is 1.40. The number of hydrogen-bond donors (Lipinski definition) is 2. The summed E-state index contributed by atoms with van der Waals surface area (Å²) in [6.07, 6.45) is -1.62. The van der Waals surface area contributed by atoms with Crippen molar-refractivity contribution in [2.24, 2.45) is 11.7 Å². The summed E-state index contributed by atoms with van der Waals surface area (Å²) < 4.78 is 39.7. The lowest BCUT2D eigenvalue weighted by atomic mass is 9.97. The molecule has 2 aromatic rings. The molecule has 32 heavy (non-hydrogen) atoms. The maximum atomic E-state index is 12.9. The molecule has 1 fully saturated rings. The van der Waals surface area contributed by atoms with Crippen LogP contribution in [0, 0.1) is 19.8 Å². The molecule has 0 saturated carbocycles. The molecule has 0 radical (unpaired) electrons. The first-order chi connectivity index (χ1) is 15.1. The van der Waals surface area contributed by atoms with Crippen molar-refractivity contribution in [1.29, 1.82) is 0 Å². The van der Waals surface area contributed by atoms with Gasteiger partial charge in [0.05, 0.1) is 5.92 Å². The van der Waals surface area contributed by atoms with E-state index in [0.29, 0.717) is 36.5 Å². The van der Waals surface area contributed by atoms with Gasteiger partial charge in [-0.1, -0.05) is 0 Å². The van der Waals surface area contributed by atoms with Crippen LogP contribution in [0.1, 0.15) is 48.5 Å². The predicted molar refractivity (Wildman–Crippen MR) is 110 cm³/mol. The maximum Gasteiger partial charge on any atom is 0.453 e. The van der Waals surface area contributed by atoms with E-state index in [1.54, 1.807) is 13.8 Å². The number of aryl methyl sites for hydroxylation is 2. The highest BCUT2D eigenvalue weighted by Gasteiger charge is 2.37. The molecule has 0 spiro atoms. The van der Waals surface area contributed by atoms with Crippen LogP contribution >= 0.6 is 0 Å². The molecule has 12 heteroatoms. The molecule has 3 heterocycles. The fourth-order valence-electron chi connectivity index (χ4n) is 4.04. The lowest BCUT2D eigenvalue weighted by Gasteiger charge is -2.31. The minimum Gasteiger partial charge on any atom is -0.369 e. The van der Waals surface area contributed by atoms with Gasteiger partial charge in [-0.3, -0.25) is 9.59 Å². The SMILES string of the molecule is Cc1nc2nc(C(F)(F)F)nn2c(C)c1CCC(=O)NCCCN1CCCC(C(N)=O)C1. The second kappa shape index (κ2) is 9.80. The van der Waals surface area contributed by atoms with Gasteiger partial charge in [-0.05, 0) is 58.2 Å². The zero-order valence-corrected chi connectivity index (χ0v) is 18.2. The minimum absolute atomic E-state index is 0.104. The van der Waals surface area contributed by atoms with Crippen LogP contribution in [0.5, 0.6) is 0 Å². The van der Waals surface area contributed by atoms with Crippen LogP contribution in [0.2, 0.25) is 0 Å². The molecule has 0 aliphatic carbocycles. The first-order valence-corrected chi connectivity index (χ1v) is 10.6. The molecule has 1 aliphatic rings. The normalized spacial score (nSPS) is 17.6. The van der Waals surface area contributed by atoms with Crippen LogP contribution < -0.4 is 11.1 Å². The fourth-order valence-corrected chi connectivity index (χ4v) is 4.04. The number of primary amides is 1. The molecule has 3 N–H and O–H groups in total. The molecule has 9 nitrogen and oxygen atoms in total. The van der Waals surface area contributed by atoms with E-state index in [-0.39, 0.29) is 29.9 Å². The van der Waals surface area contributed by atoms with Crippen molar-refractivity contribution in [2.45, 2.75) is 52.1 Å². The summed E-state index contributed by atoms with van der Waals surface area (Å²) in [5.74, 6) is -1.86. The summed E-state index contributed by atoms with van der Waals surface area (Å²) in [6, 6.07) is 0. The Morgan fingerprint density at radius 2 is 2.00 bits per heavy atom. The number of amides is 2. The number of aromatic nitrogens is 4. The van der Waals surface area contributed by atoms with E-state index in [0.717, 1.165) is 36.9 Å². The third-order valence-electron chi connectivity index (χ3n) is 5.79. The minimum atomic E-state index is -4.65. The number of nitrogens with two attached hydrogens (primary N) is 1. The van der Waals surface area contributed by atoms with Gasteiger partial charge in [-0.2, -0.15) is 18.2 Å². The highest BCUT2D eigenvalue weighted by molar-refractivity contribution is 5.77. The number of likely N-dealkylation sites (tertiary alicyclic amines) is 1. The summed E-state index contributed by atoms with van der Waals surface area (Å²) >= 11 is 0. The number of halogens is 3. The molecular weight excluding hydrogens is 427 g/mol. The van der Waals surface area contributed by atoms with Gasteiger partial charge < -0.3 is 16.0 Å². The van der Waals surface area contributed by atoms with Crippen LogP contribution in [0.4, 0.5) is 13.2 Å². The maximum absolute atomic E-state index is 12.9. The third-order valence-corrected chi connectivity index (χ3v) is 5.79. The Morgan fingerprint density at radius 3 is 2.69 bits per heavy atom. The smallest absolute Gasteiger partial charge is 0.369 e. The summed E-state index contributed by atoms with van der Waals surface area (Å²) in [4.78, 5) is 33.3. The van der Waals surface area contributed by atoms with Gasteiger partial charge in [0.2, 0.25) is 11.8 Å². The summed E-state index contributed by atoms with van der Waals surface area (Å²) in [7, 11) is 0. The second-order valence-corrected chi connectivity index (χ2v) is 8.15. The van der Waals surface area contributed by atoms with Crippen molar-refractivity contribution >= 4 is 17.6 Å². The van der Waals surface area contributed by atoms with Crippen LogP contribution in [0.25, 0.3) is 5.78 Å². The van der Waals surface area contributed by atoms with E-state index < -0.39 is 12.0 Å². The van der Waals surface area contributed by atoms with E-state index in [1.807, 2.05) is 0 Å². The Balaban J connectivity index is 1.49. The van der Waals surface area contributed by atoms with Crippen molar-refractivity contribution in [3.63, 3.8) is 0 Å². The lowest BCUT2D eigenvalue weighted by molar-refractivity contribution is -0.144. The number of carbonyl (C=O) groups excluding carboxylic acids is 2. The monoisotopic (exact) mass is 455 g/mol. The van der Waals surface area contributed by atoms with E-state index >= 15 is 0 Å². The molecule has 1 aliphatic heterocycles. The summed E-state index contributed by atoms with van der Waals surface area (Å²) in [5, 5.41) is 6.38.